The van der Waals surface area contributed by atoms with Gasteiger partial charge in [-0.05, 0) is 53.2 Å². The summed E-state index contributed by atoms with van der Waals surface area (Å²) >= 11 is 3.26. The number of benzene rings is 1. The van der Waals surface area contributed by atoms with Crippen LogP contribution in [0.2, 0.25) is 0 Å². The van der Waals surface area contributed by atoms with Gasteiger partial charge in [0.2, 0.25) is 0 Å². The van der Waals surface area contributed by atoms with Crippen LogP contribution in [0.5, 0.6) is 5.75 Å². The van der Waals surface area contributed by atoms with Gasteiger partial charge in [-0.25, -0.2) is 13.4 Å². The lowest BCUT2D eigenvalue weighted by Crippen LogP contribution is -2.14. The molecule has 2 aromatic rings. The lowest BCUT2D eigenvalue weighted by molar-refractivity contribution is 0.411. The van der Waals surface area contributed by atoms with Gasteiger partial charge in [-0.3, -0.25) is 4.72 Å². The summed E-state index contributed by atoms with van der Waals surface area (Å²) in [5.41, 5.74) is 0.737. The van der Waals surface area contributed by atoms with Crippen LogP contribution < -0.4 is 9.46 Å². The van der Waals surface area contributed by atoms with E-state index in [0.717, 1.165) is 5.69 Å². The molecule has 2 rings (SSSR count). The number of aromatic nitrogens is 1. The van der Waals surface area contributed by atoms with Crippen LogP contribution in [-0.2, 0) is 10.0 Å². The van der Waals surface area contributed by atoms with E-state index in [9.17, 15) is 8.42 Å². The summed E-state index contributed by atoms with van der Waals surface area (Å²) in [4.78, 5) is 4.25. The summed E-state index contributed by atoms with van der Waals surface area (Å²) in [7, 11) is -2.16. The maximum absolute atomic E-state index is 12.3. The van der Waals surface area contributed by atoms with Crippen LogP contribution in [0.25, 0.3) is 0 Å². The molecule has 106 valence electrons. The molecule has 0 aliphatic rings. The predicted molar refractivity (Wildman–Crippen MR) is 80.5 cm³/mol. The molecule has 5 nitrogen and oxygen atoms in total. The molecule has 0 bridgehead atoms. The van der Waals surface area contributed by atoms with E-state index in [1.54, 1.807) is 31.2 Å². The molecule has 1 aromatic carbocycles. The van der Waals surface area contributed by atoms with Crippen molar-refractivity contribution in [2.45, 2.75) is 11.8 Å². The molecule has 0 saturated heterocycles. The number of hydrogen-bond donors (Lipinski definition) is 1. The number of anilines is 1. The van der Waals surface area contributed by atoms with E-state index in [0.29, 0.717) is 10.2 Å². The maximum Gasteiger partial charge on any atom is 0.263 e. The summed E-state index contributed by atoms with van der Waals surface area (Å²) in [6, 6.07) is 9.68. The molecule has 20 heavy (non-hydrogen) atoms. The van der Waals surface area contributed by atoms with Gasteiger partial charge in [-0.15, -0.1) is 0 Å². The number of aryl methyl sites for hydroxylation is 1. The average molecular weight is 357 g/mol. The molecule has 0 saturated carbocycles. The zero-order chi connectivity index (χ0) is 14.8. The highest BCUT2D eigenvalue weighted by Gasteiger charge is 2.16. The van der Waals surface area contributed by atoms with Crippen LogP contribution in [0.15, 0.2) is 45.8 Å². The van der Waals surface area contributed by atoms with Gasteiger partial charge in [-0.2, -0.15) is 0 Å². The lowest BCUT2D eigenvalue weighted by Gasteiger charge is -2.09. The first-order valence-electron chi connectivity index (χ1n) is 5.72. The number of pyridine rings is 1. The Morgan fingerprint density at radius 3 is 2.60 bits per heavy atom. The fourth-order valence-corrected chi connectivity index (χ4v) is 3.33. The number of ether oxygens (including phenoxy) is 1. The van der Waals surface area contributed by atoms with E-state index in [2.05, 4.69) is 25.6 Å². The van der Waals surface area contributed by atoms with E-state index in [1.807, 2.05) is 0 Å². The molecular weight excluding hydrogens is 344 g/mol. The quantitative estimate of drug-likeness (QED) is 0.914. The number of hydrogen-bond acceptors (Lipinski definition) is 4. The molecule has 0 aliphatic heterocycles. The molecular formula is C13H13BrN2O3S. The van der Waals surface area contributed by atoms with E-state index in [-0.39, 0.29) is 10.7 Å². The first-order chi connectivity index (χ1) is 9.42. The zero-order valence-corrected chi connectivity index (χ0v) is 13.3. The van der Waals surface area contributed by atoms with Gasteiger partial charge in [0, 0.05) is 5.69 Å². The van der Waals surface area contributed by atoms with Crippen molar-refractivity contribution in [1.29, 1.82) is 0 Å². The number of halogens is 1. The summed E-state index contributed by atoms with van der Waals surface area (Å²) in [6.07, 6.45) is 0. The Morgan fingerprint density at radius 2 is 2.00 bits per heavy atom. The van der Waals surface area contributed by atoms with Gasteiger partial charge in [0.05, 0.1) is 16.5 Å². The Balaban J connectivity index is 2.33. The first kappa shape index (κ1) is 14.8. The van der Waals surface area contributed by atoms with Gasteiger partial charge in [-0.1, -0.05) is 6.07 Å². The standard InChI is InChI=1S/C13H13BrN2O3S/c1-9-4-3-5-13(15-9)16-20(17,18)10-6-7-12(19-2)11(14)8-10/h3-8H,1-2H3,(H,15,16). The highest BCUT2D eigenvalue weighted by Crippen LogP contribution is 2.28. The number of sulfonamides is 1. The smallest absolute Gasteiger partial charge is 0.263 e. The highest BCUT2D eigenvalue weighted by atomic mass is 79.9. The molecule has 0 radical (unpaired) electrons. The number of methoxy groups -OCH3 is 1. The van der Waals surface area contributed by atoms with Crippen LogP contribution in [0.3, 0.4) is 0 Å². The van der Waals surface area contributed by atoms with Crippen LogP contribution in [-0.4, -0.2) is 20.5 Å². The second-order valence-corrected chi connectivity index (χ2v) is 6.60. The highest BCUT2D eigenvalue weighted by molar-refractivity contribution is 9.10. The third-order valence-corrected chi connectivity index (χ3v) is 4.53. The van der Waals surface area contributed by atoms with Crippen molar-refractivity contribution < 1.29 is 13.2 Å². The minimum atomic E-state index is -3.68. The van der Waals surface area contributed by atoms with Crippen molar-refractivity contribution >= 4 is 31.8 Å². The second kappa shape index (κ2) is 5.80. The molecule has 0 amide bonds. The summed E-state index contributed by atoms with van der Waals surface area (Å²) in [6.45, 7) is 1.79. The minimum absolute atomic E-state index is 0.133. The van der Waals surface area contributed by atoms with Crippen LogP contribution in [0.1, 0.15) is 5.69 Å². The van der Waals surface area contributed by atoms with Crippen molar-refractivity contribution in [1.82, 2.24) is 4.98 Å². The van der Waals surface area contributed by atoms with E-state index in [4.69, 9.17) is 4.74 Å². The van der Waals surface area contributed by atoms with Gasteiger partial charge in [0.1, 0.15) is 11.6 Å². The Kier molecular flexibility index (Phi) is 4.29. The Labute approximate surface area is 126 Å². The third-order valence-electron chi connectivity index (χ3n) is 2.56. The van der Waals surface area contributed by atoms with Crippen LogP contribution >= 0.6 is 15.9 Å². The van der Waals surface area contributed by atoms with Crippen molar-refractivity contribution in [3.05, 3.63) is 46.6 Å². The third kappa shape index (κ3) is 3.29. The predicted octanol–water partition coefficient (Wildman–Crippen LogP) is 2.96. The minimum Gasteiger partial charge on any atom is -0.496 e. The summed E-state index contributed by atoms with van der Waals surface area (Å²) in [5, 5.41) is 0. The van der Waals surface area contributed by atoms with Gasteiger partial charge in [0.15, 0.2) is 0 Å². The van der Waals surface area contributed by atoms with Crippen LogP contribution in [0, 0.1) is 6.92 Å². The molecule has 0 aliphatic carbocycles. The van der Waals surface area contributed by atoms with Crippen molar-refractivity contribution in [2.75, 3.05) is 11.8 Å². The summed E-state index contributed by atoms with van der Waals surface area (Å²) in [5.74, 6) is 0.856. The fraction of sp³-hybridized carbons (Fsp3) is 0.154. The largest absolute Gasteiger partial charge is 0.496 e. The van der Waals surface area contributed by atoms with Gasteiger partial charge < -0.3 is 4.74 Å². The van der Waals surface area contributed by atoms with E-state index >= 15 is 0 Å². The maximum atomic E-state index is 12.3. The Hall–Kier alpha value is -1.60. The normalized spacial score (nSPS) is 11.2. The van der Waals surface area contributed by atoms with Gasteiger partial charge >= 0.3 is 0 Å². The first-order valence-corrected chi connectivity index (χ1v) is 8.00. The molecule has 1 aromatic heterocycles. The van der Waals surface area contributed by atoms with E-state index < -0.39 is 10.0 Å². The Bertz CT molecular complexity index is 732. The molecule has 0 spiro atoms. The average Bonchev–Trinajstić information content (AvgIpc) is 2.38. The zero-order valence-electron chi connectivity index (χ0n) is 10.9. The number of nitrogens with one attached hydrogen (secondary N) is 1. The lowest BCUT2D eigenvalue weighted by atomic mass is 10.3. The number of nitrogens with zero attached hydrogens (tertiary/aromatic N) is 1. The van der Waals surface area contributed by atoms with Crippen LogP contribution in [0.4, 0.5) is 5.82 Å². The molecule has 0 unspecified atom stereocenters. The van der Waals surface area contributed by atoms with Crippen molar-refractivity contribution in [3.8, 4) is 5.75 Å². The number of rotatable bonds is 4. The molecule has 0 fully saturated rings. The van der Waals surface area contributed by atoms with Crippen molar-refractivity contribution in [2.24, 2.45) is 0 Å². The molecule has 0 atom stereocenters. The monoisotopic (exact) mass is 356 g/mol. The Morgan fingerprint density at radius 1 is 1.25 bits per heavy atom. The molecule has 1 N–H and O–H groups in total. The SMILES string of the molecule is COc1ccc(S(=O)(=O)Nc2cccc(C)n2)cc1Br. The second-order valence-electron chi connectivity index (χ2n) is 4.07. The molecule has 7 heteroatoms. The van der Waals surface area contributed by atoms with E-state index in [1.165, 1.54) is 19.2 Å². The van der Waals surface area contributed by atoms with Crippen molar-refractivity contribution in [3.63, 3.8) is 0 Å². The fourth-order valence-electron chi connectivity index (χ4n) is 1.61. The van der Waals surface area contributed by atoms with Gasteiger partial charge in [0.25, 0.3) is 10.0 Å². The molecule has 1 heterocycles. The topological polar surface area (TPSA) is 68.3 Å². The summed E-state index contributed by atoms with van der Waals surface area (Å²) < 4.78 is 32.6.